The SMILES string of the molecule is S=C(c1cn(Cc2ccccc2)c2ccccc12)N1CCCCC1. The number of thiocarbonyl (C=S) groups is 1. The molecule has 0 N–H and O–H groups in total. The third-order valence-electron chi connectivity index (χ3n) is 4.86. The van der Waals surface area contributed by atoms with Gasteiger partial charge in [-0.05, 0) is 30.9 Å². The fraction of sp³-hybridized carbons (Fsp3) is 0.286. The molecule has 2 nitrogen and oxygen atoms in total. The monoisotopic (exact) mass is 334 g/mol. The van der Waals surface area contributed by atoms with Crippen LogP contribution in [0.15, 0.2) is 60.8 Å². The Balaban J connectivity index is 1.72. The highest BCUT2D eigenvalue weighted by Gasteiger charge is 2.19. The molecule has 3 heteroatoms. The lowest BCUT2D eigenvalue weighted by Gasteiger charge is -2.28. The van der Waals surface area contributed by atoms with Gasteiger partial charge in [0.2, 0.25) is 0 Å². The van der Waals surface area contributed by atoms with Crippen LogP contribution in [0, 0.1) is 0 Å². The highest BCUT2D eigenvalue weighted by Crippen LogP contribution is 2.25. The summed E-state index contributed by atoms with van der Waals surface area (Å²) in [6.45, 7) is 3.07. The molecule has 0 aliphatic carbocycles. The van der Waals surface area contributed by atoms with Gasteiger partial charge in [-0.25, -0.2) is 0 Å². The smallest absolute Gasteiger partial charge is 0.111 e. The van der Waals surface area contributed by atoms with E-state index in [2.05, 4.69) is 70.3 Å². The normalized spacial score (nSPS) is 14.9. The molecule has 1 fully saturated rings. The molecule has 122 valence electrons. The molecule has 1 aromatic heterocycles. The maximum absolute atomic E-state index is 5.86. The van der Waals surface area contributed by atoms with Gasteiger partial charge in [0, 0.05) is 42.3 Å². The summed E-state index contributed by atoms with van der Waals surface area (Å²) in [5.74, 6) is 0. The second-order valence-electron chi connectivity index (χ2n) is 6.53. The number of aromatic nitrogens is 1. The van der Waals surface area contributed by atoms with Crippen molar-refractivity contribution >= 4 is 28.1 Å². The minimum absolute atomic E-state index is 0.879. The molecule has 2 heterocycles. The predicted molar refractivity (Wildman–Crippen MR) is 105 cm³/mol. The van der Waals surface area contributed by atoms with E-state index in [1.54, 1.807) is 0 Å². The van der Waals surface area contributed by atoms with Crippen LogP contribution in [-0.2, 0) is 6.54 Å². The number of nitrogens with zero attached hydrogens (tertiary/aromatic N) is 2. The molecule has 0 saturated carbocycles. The van der Waals surface area contributed by atoms with Gasteiger partial charge in [-0.15, -0.1) is 0 Å². The zero-order valence-corrected chi connectivity index (χ0v) is 14.6. The van der Waals surface area contributed by atoms with Crippen LogP contribution in [0.25, 0.3) is 10.9 Å². The van der Waals surface area contributed by atoms with E-state index in [-0.39, 0.29) is 0 Å². The summed E-state index contributed by atoms with van der Waals surface area (Å²) >= 11 is 5.86. The third kappa shape index (κ3) is 2.96. The van der Waals surface area contributed by atoms with Crippen molar-refractivity contribution in [3.63, 3.8) is 0 Å². The first-order valence-electron chi connectivity index (χ1n) is 8.74. The fourth-order valence-corrected chi connectivity index (χ4v) is 3.94. The summed E-state index contributed by atoms with van der Waals surface area (Å²) in [4.78, 5) is 3.39. The average molecular weight is 334 g/mol. The van der Waals surface area contributed by atoms with Gasteiger partial charge in [0.05, 0.1) is 0 Å². The van der Waals surface area contributed by atoms with E-state index in [9.17, 15) is 0 Å². The fourth-order valence-electron chi connectivity index (χ4n) is 3.60. The summed E-state index contributed by atoms with van der Waals surface area (Å²) < 4.78 is 2.33. The van der Waals surface area contributed by atoms with Crippen LogP contribution in [0.1, 0.15) is 30.4 Å². The quantitative estimate of drug-likeness (QED) is 0.633. The Labute approximate surface area is 148 Å². The van der Waals surface area contributed by atoms with Crippen molar-refractivity contribution in [3.8, 4) is 0 Å². The molecule has 1 aliphatic rings. The molecule has 2 aromatic carbocycles. The lowest BCUT2D eigenvalue weighted by atomic mass is 10.1. The van der Waals surface area contributed by atoms with Crippen LogP contribution in [0.4, 0.5) is 0 Å². The van der Waals surface area contributed by atoms with Crippen LogP contribution in [0.2, 0.25) is 0 Å². The number of hydrogen-bond donors (Lipinski definition) is 0. The van der Waals surface area contributed by atoms with Gasteiger partial charge in [-0.1, -0.05) is 60.7 Å². The van der Waals surface area contributed by atoms with Crippen molar-refractivity contribution < 1.29 is 0 Å². The maximum Gasteiger partial charge on any atom is 0.111 e. The van der Waals surface area contributed by atoms with Gasteiger partial charge in [-0.2, -0.15) is 0 Å². The standard InChI is InChI=1S/C21H22N2S/c24-21(22-13-7-2-8-14-22)19-16-23(15-17-9-3-1-4-10-17)20-12-6-5-11-18(19)20/h1,3-6,9-12,16H,2,7-8,13-15H2. The Kier molecular flexibility index (Phi) is 4.35. The molecular weight excluding hydrogens is 312 g/mol. The molecule has 24 heavy (non-hydrogen) atoms. The van der Waals surface area contributed by atoms with Crippen LogP contribution >= 0.6 is 12.2 Å². The van der Waals surface area contributed by atoms with Gasteiger partial charge in [-0.3, -0.25) is 0 Å². The van der Waals surface area contributed by atoms with Gasteiger partial charge in [0.15, 0.2) is 0 Å². The van der Waals surface area contributed by atoms with E-state index < -0.39 is 0 Å². The molecular formula is C21H22N2S. The average Bonchev–Trinajstić information content (AvgIpc) is 3.01. The summed E-state index contributed by atoms with van der Waals surface area (Å²) in [5.41, 5.74) is 3.78. The third-order valence-corrected chi connectivity index (χ3v) is 5.34. The van der Waals surface area contributed by atoms with Gasteiger partial charge in [0.1, 0.15) is 4.99 Å². The molecule has 0 spiro atoms. The number of fused-ring (bicyclic) bond motifs is 1. The Morgan fingerprint density at radius 2 is 1.58 bits per heavy atom. The first-order chi connectivity index (χ1) is 11.8. The molecule has 4 rings (SSSR count). The van der Waals surface area contributed by atoms with Crippen molar-refractivity contribution in [2.75, 3.05) is 13.1 Å². The first-order valence-corrected chi connectivity index (χ1v) is 9.15. The molecule has 3 aromatic rings. The molecule has 0 amide bonds. The number of benzene rings is 2. The van der Waals surface area contributed by atoms with E-state index in [0.29, 0.717) is 0 Å². The van der Waals surface area contributed by atoms with Crippen molar-refractivity contribution in [1.82, 2.24) is 9.47 Å². The number of rotatable bonds is 3. The Morgan fingerprint density at radius 3 is 2.38 bits per heavy atom. The van der Waals surface area contributed by atoms with Crippen LogP contribution < -0.4 is 0 Å². The van der Waals surface area contributed by atoms with Crippen LogP contribution in [-0.4, -0.2) is 27.5 Å². The zero-order valence-electron chi connectivity index (χ0n) is 13.8. The lowest BCUT2D eigenvalue weighted by Crippen LogP contribution is -2.34. The molecule has 0 unspecified atom stereocenters. The van der Waals surface area contributed by atoms with Crippen molar-refractivity contribution in [1.29, 1.82) is 0 Å². The summed E-state index contributed by atoms with van der Waals surface area (Å²) in [6, 6.07) is 19.2. The Morgan fingerprint density at radius 1 is 0.875 bits per heavy atom. The second-order valence-corrected chi connectivity index (χ2v) is 6.91. The molecule has 0 bridgehead atoms. The van der Waals surface area contributed by atoms with E-state index in [0.717, 1.165) is 24.6 Å². The van der Waals surface area contributed by atoms with Crippen molar-refractivity contribution in [2.45, 2.75) is 25.8 Å². The zero-order chi connectivity index (χ0) is 16.4. The molecule has 1 aliphatic heterocycles. The number of piperidine rings is 1. The lowest BCUT2D eigenvalue weighted by molar-refractivity contribution is 0.348. The predicted octanol–water partition coefficient (Wildman–Crippen LogP) is 4.85. The maximum atomic E-state index is 5.86. The molecule has 1 saturated heterocycles. The van der Waals surface area contributed by atoms with Crippen molar-refractivity contribution in [2.24, 2.45) is 0 Å². The second kappa shape index (κ2) is 6.78. The van der Waals surface area contributed by atoms with E-state index in [4.69, 9.17) is 12.2 Å². The number of hydrogen-bond acceptors (Lipinski definition) is 1. The summed E-state index contributed by atoms with van der Waals surface area (Å²) in [6.07, 6.45) is 6.08. The van der Waals surface area contributed by atoms with Gasteiger partial charge >= 0.3 is 0 Å². The summed E-state index contributed by atoms with van der Waals surface area (Å²) in [5, 5.41) is 1.27. The topological polar surface area (TPSA) is 8.17 Å². The van der Waals surface area contributed by atoms with Gasteiger partial charge < -0.3 is 9.47 Å². The minimum Gasteiger partial charge on any atom is -0.362 e. The van der Waals surface area contributed by atoms with E-state index >= 15 is 0 Å². The van der Waals surface area contributed by atoms with Crippen molar-refractivity contribution in [3.05, 3.63) is 71.9 Å². The van der Waals surface area contributed by atoms with Crippen LogP contribution in [0.3, 0.4) is 0 Å². The minimum atomic E-state index is 0.879. The van der Waals surface area contributed by atoms with E-state index in [1.165, 1.54) is 41.3 Å². The molecule has 0 atom stereocenters. The largest absolute Gasteiger partial charge is 0.362 e. The highest BCUT2D eigenvalue weighted by molar-refractivity contribution is 7.80. The Bertz CT molecular complexity index is 845. The first kappa shape index (κ1) is 15.4. The number of para-hydroxylation sites is 1. The number of likely N-dealkylation sites (tertiary alicyclic amines) is 1. The summed E-state index contributed by atoms with van der Waals surface area (Å²) in [7, 11) is 0. The van der Waals surface area contributed by atoms with Crippen LogP contribution in [0.5, 0.6) is 0 Å². The van der Waals surface area contributed by atoms with Gasteiger partial charge in [0.25, 0.3) is 0 Å². The van der Waals surface area contributed by atoms with E-state index in [1.807, 2.05) is 0 Å². The molecule has 0 radical (unpaired) electrons. The Hall–Kier alpha value is -2.13. The highest BCUT2D eigenvalue weighted by atomic mass is 32.1.